The lowest BCUT2D eigenvalue weighted by Gasteiger charge is -2.34. The molecule has 9 heteroatoms. The molecule has 1 atom stereocenters. The molecule has 0 radical (unpaired) electrons. The van der Waals surface area contributed by atoms with Gasteiger partial charge >= 0.3 is 12.0 Å². The van der Waals surface area contributed by atoms with E-state index < -0.39 is 5.97 Å². The van der Waals surface area contributed by atoms with Gasteiger partial charge in [-0.25, -0.2) is 4.79 Å². The second-order valence-corrected chi connectivity index (χ2v) is 7.03. The normalized spacial score (nSPS) is 20.6. The molecule has 0 aliphatic carbocycles. The SMILES string of the molecule is Cc1ccc(C(=O)N2CC[C@@H](NC(=O)N3CCN(CC(=O)O)CC3)C2)cn1. The molecule has 0 saturated carbocycles. The predicted molar refractivity (Wildman–Crippen MR) is 97.5 cm³/mol. The first kappa shape index (κ1) is 19.1. The fourth-order valence-corrected chi connectivity index (χ4v) is 3.41. The van der Waals surface area contributed by atoms with Gasteiger partial charge in [-0.2, -0.15) is 0 Å². The first-order chi connectivity index (χ1) is 12.9. The molecule has 3 rings (SSSR count). The summed E-state index contributed by atoms with van der Waals surface area (Å²) >= 11 is 0. The van der Waals surface area contributed by atoms with Crippen LogP contribution in [0.2, 0.25) is 0 Å². The molecule has 2 fully saturated rings. The van der Waals surface area contributed by atoms with Gasteiger partial charge < -0.3 is 20.2 Å². The minimum atomic E-state index is -0.854. The number of nitrogens with one attached hydrogen (secondary N) is 1. The van der Waals surface area contributed by atoms with Gasteiger partial charge in [-0.15, -0.1) is 0 Å². The molecule has 9 nitrogen and oxygen atoms in total. The number of urea groups is 1. The number of carboxylic acid groups (broad SMARTS) is 1. The summed E-state index contributed by atoms with van der Waals surface area (Å²) in [7, 11) is 0. The fourth-order valence-electron chi connectivity index (χ4n) is 3.41. The molecule has 146 valence electrons. The van der Waals surface area contributed by atoms with Crippen molar-refractivity contribution in [3.05, 3.63) is 29.6 Å². The Morgan fingerprint density at radius 2 is 1.89 bits per heavy atom. The zero-order valence-corrected chi connectivity index (χ0v) is 15.4. The number of nitrogens with zero attached hydrogens (tertiary/aromatic N) is 4. The smallest absolute Gasteiger partial charge is 0.317 e. The third kappa shape index (κ3) is 4.94. The largest absolute Gasteiger partial charge is 0.480 e. The highest BCUT2D eigenvalue weighted by molar-refractivity contribution is 5.94. The van der Waals surface area contributed by atoms with E-state index in [1.807, 2.05) is 17.9 Å². The molecule has 0 bridgehead atoms. The van der Waals surface area contributed by atoms with Crippen LogP contribution in [0.3, 0.4) is 0 Å². The molecule has 2 N–H and O–H groups in total. The minimum Gasteiger partial charge on any atom is -0.480 e. The van der Waals surface area contributed by atoms with Crippen molar-refractivity contribution in [3.63, 3.8) is 0 Å². The van der Waals surface area contributed by atoms with Gasteiger partial charge in [0.25, 0.3) is 5.91 Å². The van der Waals surface area contributed by atoms with E-state index in [1.54, 1.807) is 22.1 Å². The van der Waals surface area contributed by atoms with E-state index in [2.05, 4.69) is 10.3 Å². The Morgan fingerprint density at radius 1 is 1.15 bits per heavy atom. The third-order valence-corrected chi connectivity index (χ3v) is 4.98. The van der Waals surface area contributed by atoms with Crippen molar-refractivity contribution in [2.24, 2.45) is 0 Å². The highest BCUT2D eigenvalue weighted by atomic mass is 16.4. The number of aliphatic carboxylic acids is 1. The summed E-state index contributed by atoms with van der Waals surface area (Å²) in [4.78, 5) is 45.1. The van der Waals surface area contributed by atoms with Gasteiger partial charge in [-0.1, -0.05) is 0 Å². The molecule has 3 heterocycles. The number of amides is 3. The van der Waals surface area contributed by atoms with Crippen LogP contribution in [0.25, 0.3) is 0 Å². The van der Waals surface area contributed by atoms with E-state index in [4.69, 9.17) is 5.11 Å². The zero-order valence-electron chi connectivity index (χ0n) is 15.4. The summed E-state index contributed by atoms with van der Waals surface area (Å²) in [6.45, 7) is 5.07. The van der Waals surface area contributed by atoms with Gasteiger partial charge in [-0.05, 0) is 25.5 Å². The van der Waals surface area contributed by atoms with Crippen LogP contribution in [0, 0.1) is 6.92 Å². The molecule has 1 aromatic rings. The van der Waals surface area contributed by atoms with Crippen LogP contribution in [0.1, 0.15) is 22.5 Å². The number of hydrogen-bond acceptors (Lipinski definition) is 5. The Morgan fingerprint density at radius 3 is 2.52 bits per heavy atom. The molecule has 1 aromatic heterocycles. The minimum absolute atomic E-state index is 0.00300. The standard InChI is InChI=1S/C18H25N5O4/c1-13-2-3-14(10-19-13)17(26)23-5-4-15(11-23)20-18(27)22-8-6-21(7-9-22)12-16(24)25/h2-3,10,15H,4-9,11-12H2,1H3,(H,20,27)(H,24,25)/t15-/m1/s1. The number of rotatable bonds is 4. The number of aromatic nitrogens is 1. The molecule has 2 saturated heterocycles. The summed E-state index contributed by atoms with van der Waals surface area (Å²) in [6, 6.07) is 3.36. The topological polar surface area (TPSA) is 106 Å². The number of piperazine rings is 1. The lowest BCUT2D eigenvalue weighted by atomic mass is 10.2. The van der Waals surface area contributed by atoms with Gasteiger partial charge in [0.1, 0.15) is 0 Å². The predicted octanol–water partition coefficient (Wildman–Crippen LogP) is 0.0163. The molecule has 2 aliphatic heterocycles. The molecule has 27 heavy (non-hydrogen) atoms. The zero-order chi connectivity index (χ0) is 19.4. The van der Waals surface area contributed by atoms with Crippen LogP contribution in [0.5, 0.6) is 0 Å². The Labute approximate surface area is 157 Å². The van der Waals surface area contributed by atoms with Crippen molar-refractivity contribution in [2.45, 2.75) is 19.4 Å². The number of carboxylic acids is 1. The van der Waals surface area contributed by atoms with E-state index in [0.717, 1.165) is 12.1 Å². The molecule has 0 spiro atoms. The van der Waals surface area contributed by atoms with Gasteiger partial charge in [-0.3, -0.25) is 19.5 Å². The van der Waals surface area contributed by atoms with Crippen LogP contribution in [-0.4, -0.2) is 94.6 Å². The number of aryl methyl sites for hydroxylation is 1. The van der Waals surface area contributed by atoms with E-state index in [0.29, 0.717) is 44.8 Å². The van der Waals surface area contributed by atoms with E-state index >= 15 is 0 Å². The summed E-state index contributed by atoms with van der Waals surface area (Å²) in [5.41, 5.74) is 1.42. The number of hydrogen-bond donors (Lipinski definition) is 2. The van der Waals surface area contributed by atoms with E-state index in [-0.39, 0.29) is 24.5 Å². The number of carbonyl (C=O) groups excluding carboxylic acids is 2. The van der Waals surface area contributed by atoms with Crippen molar-refractivity contribution >= 4 is 17.9 Å². The summed E-state index contributed by atoms with van der Waals surface area (Å²) < 4.78 is 0. The summed E-state index contributed by atoms with van der Waals surface area (Å²) in [5.74, 6) is -0.922. The quantitative estimate of drug-likeness (QED) is 0.768. The maximum Gasteiger partial charge on any atom is 0.317 e. The monoisotopic (exact) mass is 375 g/mol. The molecular weight excluding hydrogens is 350 g/mol. The first-order valence-electron chi connectivity index (χ1n) is 9.14. The maximum atomic E-state index is 12.5. The Bertz CT molecular complexity index is 700. The van der Waals surface area contributed by atoms with Crippen LogP contribution < -0.4 is 5.32 Å². The maximum absolute atomic E-state index is 12.5. The van der Waals surface area contributed by atoms with Crippen molar-refractivity contribution in [1.82, 2.24) is 25.0 Å². The van der Waals surface area contributed by atoms with Crippen LogP contribution in [0.15, 0.2) is 18.3 Å². The Balaban J connectivity index is 1.45. The lowest BCUT2D eigenvalue weighted by molar-refractivity contribution is -0.138. The van der Waals surface area contributed by atoms with E-state index in [1.165, 1.54) is 0 Å². The van der Waals surface area contributed by atoms with Crippen molar-refractivity contribution in [2.75, 3.05) is 45.8 Å². The fraction of sp³-hybridized carbons (Fsp3) is 0.556. The average Bonchev–Trinajstić information content (AvgIpc) is 3.10. The van der Waals surface area contributed by atoms with Crippen LogP contribution in [-0.2, 0) is 4.79 Å². The van der Waals surface area contributed by atoms with Crippen molar-refractivity contribution in [3.8, 4) is 0 Å². The van der Waals surface area contributed by atoms with E-state index in [9.17, 15) is 14.4 Å². The summed E-state index contributed by atoms with van der Waals surface area (Å²) in [5, 5.41) is 11.8. The second kappa shape index (κ2) is 8.34. The highest BCUT2D eigenvalue weighted by Crippen LogP contribution is 2.14. The lowest BCUT2D eigenvalue weighted by Crippen LogP contribution is -2.54. The Hall–Kier alpha value is -2.68. The molecular formula is C18H25N5O4. The highest BCUT2D eigenvalue weighted by Gasteiger charge is 2.30. The number of likely N-dealkylation sites (tertiary alicyclic amines) is 1. The van der Waals surface area contributed by atoms with Gasteiger partial charge in [0.05, 0.1) is 12.1 Å². The number of carbonyl (C=O) groups is 3. The van der Waals surface area contributed by atoms with Gasteiger partial charge in [0.15, 0.2) is 0 Å². The van der Waals surface area contributed by atoms with Crippen molar-refractivity contribution in [1.29, 1.82) is 0 Å². The number of pyridine rings is 1. The van der Waals surface area contributed by atoms with Crippen LogP contribution in [0.4, 0.5) is 4.79 Å². The van der Waals surface area contributed by atoms with Crippen molar-refractivity contribution < 1.29 is 19.5 Å². The molecule has 0 unspecified atom stereocenters. The summed E-state index contributed by atoms with van der Waals surface area (Å²) in [6.07, 6.45) is 2.30. The Kier molecular flexibility index (Phi) is 5.90. The molecule has 3 amide bonds. The second-order valence-electron chi connectivity index (χ2n) is 7.03. The average molecular weight is 375 g/mol. The molecule has 2 aliphatic rings. The van der Waals surface area contributed by atoms with Crippen LogP contribution >= 0.6 is 0 Å². The molecule has 0 aromatic carbocycles. The van der Waals surface area contributed by atoms with Gasteiger partial charge in [0.2, 0.25) is 0 Å². The third-order valence-electron chi connectivity index (χ3n) is 4.98. The first-order valence-corrected chi connectivity index (χ1v) is 9.14. The van der Waals surface area contributed by atoms with Gasteiger partial charge in [0, 0.05) is 57.2 Å².